The SMILES string of the molecule is CC(C)N1CC(CN)N(C)CC1(C)C. The van der Waals surface area contributed by atoms with Gasteiger partial charge in [0.15, 0.2) is 0 Å². The van der Waals surface area contributed by atoms with Crippen LogP contribution in [0.15, 0.2) is 0 Å². The van der Waals surface area contributed by atoms with Crippen LogP contribution in [-0.4, -0.2) is 54.1 Å². The predicted molar refractivity (Wildman–Crippen MR) is 61.4 cm³/mol. The van der Waals surface area contributed by atoms with Crippen LogP contribution in [0.1, 0.15) is 27.7 Å². The molecule has 0 aromatic rings. The Morgan fingerprint density at radius 2 is 2.00 bits per heavy atom. The number of nitrogens with zero attached hydrogens (tertiary/aromatic N) is 2. The van der Waals surface area contributed by atoms with Crippen molar-refractivity contribution in [2.24, 2.45) is 5.73 Å². The Morgan fingerprint density at radius 3 is 2.43 bits per heavy atom. The summed E-state index contributed by atoms with van der Waals surface area (Å²) in [6.07, 6.45) is 0. The van der Waals surface area contributed by atoms with Gasteiger partial charge in [-0.25, -0.2) is 0 Å². The molecule has 0 aromatic carbocycles. The molecule has 0 aromatic heterocycles. The number of piperazine rings is 1. The Balaban J connectivity index is 2.74. The van der Waals surface area contributed by atoms with E-state index in [1.54, 1.807) is 0 Å². The molecule has 1 fully saturated rings. The Labute approximate surface area is 88.2 Å². The monoisotopic (exact) mass is 199 g/mol. The summed E-state index contributed by atoms with van der Waals surface area (Å²) >= 11 is 0. The summed E-state index contributed by atoms with van der Waals surface area (Å²) < 4.78 is 0. The highest BCUT2D eigenvalue weighted by Gasteiger charge is 2.37. The van der Waals surface area contributed by atoms with Crippen molar-refractivity contribution in [3.63, 3.8) is 0 Å². The second-order valence-corrected chi connectivity index (χ2v) is 5.36. The van der Waals surface area contributed by atoms with Crippen LogP contribution < -0.4 is 5.73 Å². The number of hydrogen-bond acceptors (Lipinski definition) is 3. The molecule has 1 rings (SSSR count). The molecule has 1 heterocycles. The number of likely N-dealkylation sites (N-methyl/N-ethyl adjacent to an activating group) is 1. The Hall–Kier alpha value is -0.120. The first-order chi connectivity index (χ1) is 6.38. The van der Waals surface area contributed by atoms with Crippen molar-refractivity contribution in [3.05, 3.63) is 0 Å². The molecule has 1 unspecified atom stereocenters. The Bertz CT molecular complexity index is 189. The molecule has 3 heteroatoms. The first-order valence-corrected chi connectivity index (χ1v) is 5.55. The fraction of sp³-hybridized carbons (Fsp3) is 1.00. The average Bonchev–Trinajstić information content (AvgIpc) is 2.01. The smallest absolute Gasteiger partial charge is 0.0343 e. The summed E-state index contributed by atoms with van der Waals surface area (Å²) in [6.45, 7) is 12.1. The quantitative estimate of drug-likeness (QED) is 0.712. The maximum atomic E-state index is 5.78. The maximum absolute atomic E-state index is 5.78. The second-order valence-electron chi connectivity index (χ2n) is 5.36. The van der Waals surface area contributed by atoms with Gasteiger partial charge in [0.2, 0.25) is 0 Å². The van der Waals surface area contributed by atoms with Gasteiger partial charge < -0.3 is 5.73 Å². The summed E-state index contributed by atoms with van der Waals surface area (Å²) in [5.41, 5.74) is 6.05. The van der Waals surface area contributed by atoms with E-state index in [9.17, 15) is 0 Å². The van der Waals surface area contributed by atoms with Crippen LogP contribution in [0.3, 0.4) is 0 Å². The van der Waals surface area contributed by atoms with Crippen molar-refractivity contribution in [1.82, 2.24) is 9.80 Å². The average molecular weight is 199 g/mol. The molecule has 1 saturated heterocycles. The lowest BCUT2D eigenvalue weighted by Gasteiger charge is -2.51. The zero-order chi connectivity index (χ0) is 10.9. The minimum Gasteiger partial charge on any atom is -0.329 e. The second kappa shape index (κ2) is 4.17. The molecule has 0 saturated carbocycles. The van der Waals surface area contributed by atoms with Crippen molar-refractivity contribution in [2.75, 3.05) is 26.7 Å². The van der Waals surface area contributed by atoms with Gasteiger partial charge in [-0.1, -0.05) is 0 Å². The molecule has 0 radical (unpaired) electrons. The van der Waals surface area contributed by atoms with Gasteiger partial charge in [0, 0.05) is 37.3 Å². The van der Waals surface area contributed by atoms with Gasteiger partial charge in [-0.3, -0.25) is 9.80 Å². The van der Waals surface area contributed by atoms with Crippen molar-refractivity contribution in [1.29, 1.82) is 0 Å². The third-order valence-corrected chi connectivity index (χ3v) is 3.34. The molecular formula is C11H25N3. The van der Waals surface area contributed by atoms with Crippen LogP contribution in [0, 0.1) is 0 Å². The summed E-state index contributed by atoms with van der Waals surface area (Å²) in [5.74, 6) is 0. The summed E-state index contributed by atoms with van der Waals surface area (Å²) in [5, 5.41) is 0. The molecule has 0 spiro atoms. The highest BCUT2D eigenvalue weighted by Crippen LogP contribution is 2.25. The molecule has 3 nitrogen and oxygen atoms in total. The molecule has 14 heavy (non-hydrogen) atoms. The van der Waals surface area contributed by atoms with Crippen molar-refractivity contribution in [3.8, 4) is 0 Å². The van der Waals surface area contributed by atoms with Crippen LogP contribution in [0.2, 0.25) is 0 Å². The van der Waals surface area contributed by atoms with Crippen LogP contribution in [-0.2, 0) is 0 Å². The molecule has 0 amide bonds. The lowest BCUT2D eigenvalue weighted by molar-refractivity contribution is -0.0215. The van der Waals surface area contributed by atoms with E-state index in [2.05, 4.69) is 44.5 Å². The Morgan fingerprint density at radius 1 is 1.43 bits per heavy atom. The maximum Gasteiger partial charge on any atom is 0.0343 e. The van der Waals surface area contributed by atoms with Crippen molar-refractivity contribution in [2.45, 2.75) is 45.3 Å². The first-order valence-electron chi connectivity index (χ1n) is 5.55. The fourth-order valence-electron chi connectivity index (χ4n) is 2.61. The lowest BCUT2D eigenvalue weighted by atomic mass is 9.94. The lowest BCUT2D eigenvalue weighted by Crippen LogP contribution is -2.65. The van der Waals surface area contributed by atoms with Crippen molar-refractivity contribution < 1.29 is 0 Å². The third kappa shape index (κ3) is 2.27. The zero-order valence-corrected chi connectivity index (χ0v) is 10.2. The minimum atomic E-state index is 0.272. The summed E-state index contributed by atoms with van der Waals surface area (Å²) in [7, 11) is 2.18. The van der Waals surface area contributed by atoms with E-state index >= 15 is 0 Å². The van der Waals surface area contributed by atoms with Gasteiger partial charge in [0.1, 0.15) is 0 Å². The number of hydrogen-bond donors (Lipinski definition) is 1. The largest absolute Gasteiger partial charge is 0.329 e. The molecule has 0 aliphatic carbocycles. The molecule has 2 N–H and O–H groups in total. The van der Waals surface area contributed by atoms with Gasteiger partial charge >= 0.3 is 0 Å². The Kier molecular flexibility index (Phi) is 3.56. The van der Waals surface area contributed by atoms with E-state index in [1.807, 2.05) is 0 Å². The topological polar surface area (TPSA) is 32.5 Å². The molecule has 1 aliphatic heterocycles. The van der Waals surface area contributed by atoms with E-state index < -0.39 is 0 Å². The van der Waals surface area contributed by atoms with Gasteiger partial charge in [0.05, 0.1) is 0 Å². The standard InChI is InChI=1S/C11H25N3/c1-9(2)14-7-10(6-12)13(5)8-11(14,3)4/h9-10H,6-8,12H2,1-5H3. The van der Waals surface area contributed by atoms with E-state index in [1.165, 1.54) is 0 Å². The minimum absolute atomic E-state index is 0.272. The van der Waals surface area contributed by atoms with E-state index in [0.29, 0.717) is 12.1 Å². The molecule has 1 atom stereocenters. The van der Waals surface area contributed by atoms with Gasteiger partial charge in [0.25, 0.3) is 0 Å². The van der Waals surface area contributed by atoms with Gasteiger partial charge in [-0.15, -0.1) is 0 Å². The normalized spacial score (nSPS) is 29.8. The van der Waals surface area contributed by atoms with E-state index in [0.717, 1.165) is 19.6 Å². The van der Waals surface area contributed by atoms with Crippen molar-refractivity contribution >= 4 is 0 Å². The number of nitrogens with two attached hydrogens (primary N) is 1. The van der Waals surface area contributed by atoms with Crippen LogP contribution in [0.5, 0.6) is 0 Å². The summed E-state index contributed by atoms with van der Waals surface area (Å²) in [6, 6.07) is 1.12. The van der Waals surface area contributed by atoms with Crippen LogP contribution >= 0.6 is 0 Å². The molecule has 1 aliphatic rings. The van der Waals surface area contributed by atoms with Crippen LogP contribution in [0.4, 0.5) is 0 Å². The predicted octanol–water partition coefficient (Wildman–Crippen LogP) is 0.748. The first kappa shape index (κ1) is 12.0. The number of rotatable bonds is 2. The van der Waals surface area contributed by atoms with Gasteiger partial charge in [-0.05, 0) is 34.7 Å². The summed E-state index contributed by atoms with van der Waals surface area (Å²) in [4.78, 5) is 4.95. The fourth-order valence-corrected chi connectivity index (χ4v) is 2.61. The highest BCUT2D eigenvalue weighted by molar-refractivity contribution is 4.95. The molecular weight excluding hydrogens is 174 g/mol. The van der Waals surface area contributed by atoms with Crippen LogP contribution in [0.25, 0.3) is 0 Å². The van der Waals surface area contributed by atoms with Gasteiger partial charge in [-0.2, -0.15) is 0 Å². The third-order valence-electron chi connectivity index (χ3n) is 3.34. The molecule has 84 valence electrons. The zero-order valence-electron chi connectivity index (χ0n) is 10.2. The van der Waals surface area contributed by atoms with E-state index in [4.69, 9.17) is 5.73 Å². The van der Waals surface area contributed by atoms with E-state index in [-0.39, 0.29) is 5.54 Å². The molecule has 0 bridgehead atoms. The highest BCUT2D eigenvalue weighted by atomic mass is 15.3.